The topological polar surface area (TPSA) is 72.5 Å². The average molecular weight is 330 g/mol. The molecule has 5 heteroatoms. The van der Waals surface area contributed by atoms with Gasteiger partial charge in [-0.3, -0.25) is 4.79 Å². The van der Waals surface area contributed by atoms with Crippen molar-refractivity contribution in [2.24, 2.45) is 11.7 Å². The number of ether oxygens (including phenoxy) is 1. The van der Waals surface area contributed by atoms with Gasteiger partial charge < -0.3 is 15.6 Å². The van der Waals surface area contributed by atoms with Gasteiger partial charge in [0.1, 0.15) is 5.75 Å². The number of aliphatic carboxylic acids is 1. The number of benzene rings is 1. The summed E-state index contributed by atoms with van der Waals surface area (Å²) < 4.78 is 6.50. The van der Waals surface area contributed by atoms with Crippen LogP contribution in [0.2, 0.25) is 0 Å². The first-order valence-electron chi connectivity index (χ1n) is 6.44. The van der Waals surface area contributed by atoms with E-state index < -0.39 is 5.97 Å². The Morgan fingerprint density at radius 2 is 2.16 bits per heavy atom. The lowest BCUT2D eigenvalue weighted by Crippen LogP contribution is -2.17. The van der Waals surface area contributed by atoms with Crippen molar-refractivity contribution in [1.29, 1.82) is 0 Å². The van der Waals surface area contributed by atoms with Crippen LogP contribution in [0, 0.1) is 5.92 Å². The summed E-state index contributed by atoms with van der Waals surface area (Å²) in [6, 6.07) is 7.52. The standard InChI is InChI=1S/C14H20BrNO3/c15-12-5-3-6-13(10-12)19-9-7-11(14(17)18)4-1-2-8-16/h3,5-6,10-11H,1-2,4,7-9,16H2,(H,17,18). The number of hydrogen-bond donors (Lipinski definition) is 2. The van der Waals surface area contributed by atoms with Crippen LogP contribution in [0.3, 0.4) is 0 Å². The highest BCUT2D eigenvalue weighted by atomic mass is 79.9. The van der Waals surface area contributed by atoms with Crippen LogP contribution < -0.4 is 10.5 Å². The molecular formula is C14H20BrNO3. The summed E-state index contributed by atoms with van der Waals surface area (Å²) in [4.78, 5) is 11.1. The van der Waals surface area contributed by atoms with E-state index in [1.165, 1.54) is 0 Å². The van der Waals surface area contributed by atoms with E-state index in [0.29, 0.717) is 26.0 Å². The van der Waals surface area contributed by atoms with Gasteiger partial charge in [0, 0.05) is 4.47 Å². The first-order valence-corrected chi connectivity index (χ1v) is 7.24. The van der Waals surface area contributed by atoms with Crippen LogP contribution in [0.1, 0.15) is 25.7 Å². The van der Waals surface area contributed by atoms with Crippen LogP contribution in [-0.4, -0.2) is 24.2 Å². The molecule has 0 bridgehead atoms. The van der Waals surface area contributed by atoms with Crippen molar-refractivity contribution in [2.75, 3.05) is 13.2 Å². The van der Waals surface area contributed by atoms with Gasteiger partial charge in [0.2, 0.25) is 0 Å². The largest absolute Gasteiger partial charge is 0.494 e. The van der Waals surface area contributed by atoms with Crippen molar-refractivity contribution in [3.05, 3.63) is 28.7 Å². The number of unbranched alkanes of at least 4 members (excludes halogenated alkanes) is 1. The maximum absolute atomic E-state index is 11.1. The lowest BCUT2D eigenvalue weighted by molar-refractivity contribution is -0.142. The van der Waals surface area contributed by atoms with E-state index in [1.54, 1.807) is 0 Å². The highest BCUT2D eigenvalue weighted by Crippen LogP contribution is 2.19. The normalized spacial score (nSPS) is 12.1. The number of carbonyl (C=O) groups is 1. The molecular weight excluding hydrogens is 310 g/mol. The molecule has 0 heterocycles. The van der Waals surface area contributed by atoms with E-state index in [9.17, 15) is 4.79 Å². The van der Waals surface area contributed by atoms with Gasteiger partial charge in [0.25, 0.3) is 0 Å². The molecule has 19 heavy (non-hydrogen) atoms. The number of nitrogens with two attached hydrogens (primary N) is 1. The number of rotatable bonds is 9. The second-order valence-electron chi connectivity index (χ2n) is 4.41. The summed E-state index contributed by atoms with van der Waals surface area (Å²) in [7, 11) is 0. The minimum absolute atomic E-state index is 0.348. The molecule has 0 amide bonds. The van der Waals surface area contributed by atoms with E-state index in [0.717, 1.165) is 23.1 Å². The van der Waals surface area contributed by atoms with E-state index in [4.69, 9.17) is 15.6 Å². The molecule has 4 nitrogen and oxygen atoms in total. The Bertz CT molecular complexity index is 398. The molecule has 1 aromatic rings. The third-order valence-corrected chi connectivity index (χ3v) is 3.38. The molecule has 1 rings (SSSR count). The highest BCUT2D eigenvalue weighted by Gasteiger charge is 2.16. The molecule has 0 saturated carbocycles. The monoisotopic (exact) mass is 329 g/mol. The molecule has 0 aromatic heterocycles. The molecule has 3 N–H and O–H groups in total. The van der Waals surface area contributed by atoms with Crippen molar-refractivity contribution >= 4 is 21.9 Å². The van der Waals surface area contributed by atoms with Crippen LogP contribution in [0.25, 0.3) is 0 Å². The van der Waals surface area contributed by atoms with Crippen LogP contribution in [0.15, 0.2) is 28.7 Å². The maximum Gasteiger partial charge on any atom is 0.306 e. The van der Waals surface area contributed by atoms with E-state index in [1.807, 2.05) is 24.3 Å². The van der Waals surface area contributed by atoms with E-state index in [-0.39, 0.29) is 5.92 Å². The Balaban J connectivity index is 2.33. The molecule has 0 aliphatic carbocycles. The van der Waals surface area contributed by atoms with Crippen molar-refractivity contribution in [1.82, 2.24) is 0 Å². The van der Waals surface area contributed by atoms with Gasteiger partial charge >= 0.3 is 5.97 Å². The minimum atomic E-state index is -0.755. The Morgan fingerprint density at radius 1 is 1.37 bits per heavy atom. The summed E-state index contributed by atoms with van der Waals surface area (Å²) >= 11 is 3.36. The van der Waals surface area contributed by atoms with Crippen molar-refractivity contribution in [2.45, 2.75) is 25.7 Å². The Hall–Kier alpha value is -1.07. The molecule has 0 spiro atoms. The molecule has 0 radical (unpaired) electrons. The lowest BCUT2D eigenvalue weighted by Gasteiger charge is -2.13. The predicted octanol–water partition coefficient (Wildman–Crippen LogP) is 3.05. The Kier molecular flexibility index (Phi) is 7.52. The molecule has 0 aliphatic rings. The fourth-order valence-corrected chi connectivity index (χ4v) is 2.18. The van der Waals surface area contributed by atoms with Crippen molar-refractivity contribution in [3.63, 3.8) is 0 Å². The smallest absolute Gasteiger partial charge is 0.306 e. The van der Waals surface area contributed by atoms with Gasteiger partial charge in [-0.15, -0.1) is 0 Å². The maximum atomic E-state index is 11.1. The summed E-state index contributed by atoms with van der Waals surface area (Å²) in [5, 5.41) is 9.12. The first kappa shape index (κ1) is 16.0. The zero-order valence-electron chi connectivity index (χ0n) is 10.8. The Labute approximate surface area is 122 Å². The summed E-state index contributed by atoms with van der Waals surface area (Å²) in [5.74, 6) is -0.353. The molecule has 1 unspecified atom stereocenters. The lowest BCUT2D eigenvalue weighted by atomic mass is 9.99. The zero-order valence-corrected chi connectivity index (χ0v) is 12.4. The number of carboxylic acids is 1. The van der Waals surface area contributed by atoms with Crippen molar-refractivity contribution < 1.29 is 14.6 Å². The molecule has 0 fully saturated rings. The van der Waals surface area contributed by atoms with Gasteiger partial charge in [-0.05, 0) is 44.0 Å². The van der Waals surface area contributed by atoms with Gasteiger partial charge in [0.05, 0.1) is 12.5 Å². The average Bonchev–Trinajstić information content (AvgIpc) is 2.37. The second-order valence-corrected chi connectivity index (χ2v) is 5.33. The van der Waals surface area contributed by atoms with Gasteiger partial charge in [-0.1, -0.05) is 28.4 Å². The minimum Gasteiger partial charge on any atom is -0.494 e. The fraction of sp³-hybridized carbons (Fsp3) is 0.500. The predicted molar refractivity (Wildman–Crippen MR) is 78.3 cm³/mol. The summed E-state index contributed by atoms with van der Waals surface area (Å²) in [5.41, 5.74) is 5.40. The molecule has 0 aliphatic heterocycles. The van der Waals surface area contributed by atoms with Crippen LogP contribution in [0.4, 0.5) is 0 Å². The van der Waals surface area contributed by atoms with Crippen LogP contribution >= 0.6 is 15.9 Å². The fourth-order valence-electron chi connectivity index (χ4n) is 1.80. The third kappa shape index (κ3) is 6.59. The summed E-state index contributed by atoms with van der Waals surface area (Å²) in [6.07, 6.45) is 2.90. The van der Waals surface area contributed by atoms with E-state index >= 15 is 0 Å². The number of hydrogen-bond acceptors (Lipinski definition) is 3. The zero-order chi connectivity index (χ0) is 14.1. The van der Waals surface area contributed by atoms with Gasteiger partial charge in [-0.2, -0.15) is 0 Å². The summed E-state index contributed by atoms with van der Waals surface area (Å²) in [6.45, 7) is 1.02. The third-order valence-electron chi connectivity index (χ3n) is 2.89. The molecule has 1 aromatic carbocycles. The second kappa shape index (κ2) is 8.93. The number of halogens is 1. The molecule has 106 valence electrons. The van der Waals surface area contributed by atoms with E-state index in [2.05, 4.69) is 15.9 Å². The quantitative estimate of drug-likeness (QED) is 0.683. The van der Waals surface area contributed by atoms with Crippen LogP contribution in [0.5, 0.6) is 5.75 Å². The van der Waals surface area contributed by atoms with Crippen molar-refractivity contribution in [3.8, 4) is 5.75 Å². The Morgan fingerprint density at radius 3 is 2.79 bits per heavy atom. The molecule has 1 atom stereocenters. The van der Waals surface area contributed by atoms with Gasteiger partial charge in [0.15, 0.2) is 0 Å². The van der Waals surface area contributed by atoms with Gasteiger partial charge in [-0.25, -0.2) is 0 Å². The number of carboxylic acid groups (broad SMARTS) is 1. The first-order chi connectivity index (χ1) is 9.13. The highest BCUT2D eigenvalue weighted by molar-refractivity contribution is 9.10. The molecule has 0 saturated heterocycles. The van der Waals surface area contributed by atoms with Crippen LogP contribution in [-0.2, 0) is 4.79 Å². The SMILES string of the molecule is NCCCCC(CCOc1cccc(Br)c1)C(=O)O.